The van der Waals surface area contributed by atoms with E-state index in [0.717, 1.165) is 5.75 Å². The summed E-state index contributed by atoms with van der Waals surface area (Å²) in [5.41, 5.74) is 0.707. The fourth-order valence-corrected chi connectivity index (χ4v) is 1.64. The van der Waals surface area contributed by atoms with Crippen LogP contribution in [0, 0.1) is 0 Å². The molecule has 0 fully saturated rings. The van der Waals surface area contributed by atoms with Crippen molar-refractivity contribution in [3.63, 3.8) is 0 Å². The van der Waals surface area contributed by atoms with Crippen molar-refractivity contribution < 1.29 is 8.95 Å². The van der Waals surface area contributed by atoms with Gasteiger partial charge in [-0.25, -0.2) is 4.21 Å². The molecule has 0 aliphatic carbocycles. The highest BCUT2D eigenvalue weighted by Crippen LogP contribution is 2.20. The molecule has 0 aliphatic heterocycles. The zero-order chi connectivity index (χ0) is 10.6. The summed E-state index contributed by atoms with van der Waals surface area (Å²) in [5.74, 6) is 1.29. The smallest absolute Gasteiger partial charge is 0.121 e. The number of hydrogen-bond donors (Lipinski definition) is 0. The van der Waals surface area contributed by atoms with Crippen molar-refractivity contribution in [3.8, 4) is 5.75 Å². The molecule has 1 aromatic rings. The lowest BCUT2D eigenvalue weighted by atomic mass is 10.3. The van der Waals surface area contributed by atoms with Crippen LogP contribution in [-0.2, 0) is 9.73 Å². The predicted octanol–water partition coefficient (Wildman–Crippen LogP) is 2.44. The molecule has 0 heterocycles. The van der Waals surface area contributed by atoms with E-state index >= 15 is 0 Å². The van der Waals surface area contributed by atoms with E-state index < -0.39 is 9.73 Å². The van der Waals surface area contributed by atoms with Crippen molar-refractivity contribution >= 4 is 15.4 Å². The molecule has 1 atom stereocenters. The van der Waals surface area contributed by atoms with Crippen LogP contribution < -0.4 is 4.74 Å². The average Bonchev–Trinajstić information content (AvgIpc) is 2.17. The van der Waals surface area contributed by atoms with Crippen molar-refractivity contribution in [1.82, 2.24) is 0 Å². The third kappa shape index (κ3) is 3.03. The van der Waals surface area contributed by atoms with E-state index in [2.05, 4.69) is 4.36 Å². The van der Waals surface area contributed by atoms with Gasteiger partial charge in [0.15, 0.2) is 0 Å². The zero-order valence-electron chi connectivity index (χ0n) is 8.69. The Balaban J connectivity index is 3.09. The Labute approximate surface area is 85.3 Å². The lowest BCUT2D eigenvalue weighted by Gasteiger charge is -2.02. The normalized spacial score (nSPS) is 14.5. The molecular weight excluding hydrogens is 198 g/mol. The molecule has 3 nitrogen and oxygen atoms in total. The van der Waals surface area contributed by atoms with E-state index in [1.165, 1.54) is 0 Å². The van der Waals surface area contributed by atoms with Gasteiger partial charge in [-0.1, -0.05) is 13.0 Å². The third-order valence-corrected chi connectivity index (χ3v) is 3.56. The molecule has 0 saturated carbocycles. The van der Waals surface area contributed by atoms with E-state index in [9.17, 15) is 4.21 Å². The van der Waals surface area contributed by atoms with Crippen molar-refractivity contribution in [2.24, 2.45) is 4.36 Å². The summed E-state index contributed by atoms with van der Waals surface area (Å²) in [4.78, 5) is 0. The second-order valence-corrected chi connectivity index (χ2v) is 5.72. The first kappa shape index (κ1) is 11.0. The lowest BCUT2D eigenvalue weighted by Crippen LogP contribution is -1.97. The van der Waals surface area contributed by atoms with Gasteiger partial charge in [0.25, 0.3) is 0 Å². The fraction of sp³-hybridized carbons (Fsp3) is 0.400. The standard InChI is InChI=1S/C10H15NO2S/c1-4-14(3,12)11-9-6-5-7-10(8-9)13-2/h5-8H,4H2,1-3H3. The molecule has 0 spiro atoms. The van der Waals surface area contributed by atoms with E-state index in [1.807, 2.05) is 25.1 Å². The lowest BCUT2D eigenvalue weighted by molar-refractivity contribution is 0.415. The topological polar surface area (TPSA) is 38.7 Å². The van der Waals surface area contributed by atoms with Crippen molar-refractivity contribution in [2.75, 3.05) is 19.1 Å². The summed E-state index contributed by atoms with van der Waals surface area (Å²) >= 11 is 0. The number of nitrogens with zero attached hydrogens (tertiary/aromatic N) is 1. The molecule has 0 bridgehead atoms. The van der Waals surface area contributed by atoms with Gasteiger partial charge < -0.3 is 4.74 Å². The maximum absolute atomic E-state index is 11.7. The Kier molecular flexibility index (Phi) is 3.52. The third-order valence-electron chi connectivity index (χ3n) is 1.89. The van der Waals surface area contributed by atoms with Crippen LogP contribution in [0.5, 0.6) is 5.75 Å². The van der Waals surface area contributed by atoms with Crippen LogP contribution in [0.15, 0.2) is 28.6 Å². The second-order valence-electron chi connectivity index (χ2n) is 3.04. The van der Waals surface area contributed by atoms with Gasteiger partial charge in [0, 0.05) is 27.8 Å². The molecule has 0 aliphatic rings. The maximum atomic E-state index is 11.7. The summed E-state index contributed by atoms with van der Waals surface area (Å²) in [6, 6.07) is 7.27. The molecule has 4 heteroatoms. The Morgan fingerprint density at radius 2 is 2.21 bits per heavy atom. The van der Waals surface area contributed by atoms with E-state index in [0.29, 0.717) is 11.4 Å². The molecule has 0 saturated heterocycles. The molecular formula is C10H15NO2S. The molecule has 1 unspecified atom stereocenters. The highest BCUT2D eigenvalue weighted by atomic mass is 32.2. The number of methoxy groups -OCH3 is 1. The number of benzene rings is 1. The fourth-order valence-electron chi connectivity index (χ4n) is 0.955. The average molecular weight is 213 g/mol. The minimum absolute atomic E-state index is 0.560. The molecule has 14 heavy (non-hydrogen) atoms. The van der Waals surface area contributed by atoms with Crippen molar-refractivity contribution in [3.05, 3.63) is 24.3 Å². The molecule has 78 valence electrons. The molecule has 0 radical (unpaired) electrons. The molecule has 0 N–H and O–H groups in total. The maximum Gasteiger partial charge on any atom is 0.121 e. The monoisotopic (exact) mass is 213 g/mol. The Morgan fingerprint density at radius 1 is 1.50 bits per heavy atom. The summed E-state index contributed by atoms with van der Waals surface area (Å²) in [6.07, 6.45) is 1.66. The Morgan fingerprint density at radius 3 is 2.79 bits per heavy atom. The van der Waals surface area contributed by atoms with Crippen LogP contribution in [0.4, 0.5) is 5.69 Å². The minimum Gasteiger partial charge on any atom is -0.497 e. The Bertz CT molecular complexity index is 420. The van der Waals surface area contributed by atoms with Crippen LogP contribution in [0.25, 0.3) is 0 Å². The van der Waals surface area contributed by atoms with Gasteiger partial charge in [0.1, 0.15) is 5.75 Å². The zero-order valence-corrected chi connectivity index (χ0v) is 9.50. The van der Waals surface area contributed by atoms with Crippen molar-refractivity contribution in [2.45, 2.75) is 6.92 Å². The van der Waals surface area contributed by atoms with E-state index in [1.54, 1.807) is 19.4 Å². The van der Waals surface area contributed by atoms with Gasteiger partial charge in [-0.3, -0.25) is 0 Å². The van der Waals surface area contributed by atoms with Crippen LogP contribution in [0.1, 0.15) is 6.92 Å². The summed E-state index contributed by atoms with van der Waals surface area (Å²) in [7, 11) is -0.479. The van der Waals surface area contributed by atoms with Crippen LogP contribution in [0.3, 0.4) is 0 Å². The first-order valence-corrected chi connectivity index (χ1v) is 6.50. The second kappa shape index (κ2) is 4.46. The highest BCUT2D eigenvalue weighted by molar-refractivity contribution is 7.93. The number of rotatable bonds is 3. The van der Waals surface area contributed by atoms with Gasteiger partial charge >= 0.3 is 0 Å². The molecule has 1 aromatic carbocycles. The molecule has 0 amide bonds. The van der Waals surface area contributed by atoms with Gasteiger partial charge in [0.05, 0.1) is 12.8 Å². The van der Waals surface area contributed by atoms with Gasteiger partial charge in [0.2, 0.25) is 0 Å². The van der Waals surface area contributed by atoms with E-state index in [-0.39, 0.29) is 0 Å². The SMILES string of the molecule is CCS(C)(=O)=Nc1cccc(OC)c1. The van der Waals surface area contributed by atoms with Crippen LogP contribution >= 0.6 is 0 Å². The highest BCUT2D eigenvalue weighted by Gasteiger charge is 1.98. The van der Waals surface area contributed by atoms with Crippen LogP contribution in [-0.4, -0.2) is 23.3 Å². The molecule has 1 rings (SSSR count). The first-order chi connectivity index (χ1) is 6.57. The molecule has 0 aromatic heterocycles. The van der Waals surface area contributed by atoms with Gasteiger partial charge in [-0.05, 0) is 12.1 Å². The predicted molar refractivity (Wildman–Crippen MR) is 59.7 cm³/mol. The van der Waals surface area contributed by atoms with Gasteiger partial charge in [-0.2, -0.15) is 4.36 Å². The minimum atomic E-state index is -2.08. The first-order valence-electron chi connectivity index (χ1n) is 4.41. The van der Waals surface area contributed by atoms with E-state index in [4.69, 9.17) is 4.74 Å². The quantitative estimate of drug-likeness (QED) is 0.773. The largest absolute Gasteiger partial charge is 0.497 e. The van der Waals surface area contributed by atoms with Crippen LogP contribution in [0.2, 0.25) is 0 Å². The Hall–Kier alpha value is -1.03. The number of hydrogen-bond acceptors (Lipinski definition) is 3. The summed E-state index contributed by atoms with van der Waals surface area (Å²) in [5, 5.41) is 0. The number of ether oxygens (including phenoxy) is 1. The van der Waals surface area contributed by atoms with Gasteiger partial charge in [-0.15, -0.1) is 0 Å². The summed E-state index contributed by atoms with van der Waals surface area (Å²) < 4.78 is 20.9. The van der Waals surface area contributed by atoms with Crippen molar-refractivity contribution in [1.29, 1.82) is 0 Å². The summed E-state index contributed by atoms with van der Waals surface area (Å²) in [6.45, 7) is 1.87.